The third kappa shape index (κ3) is 5.71. The van der Waals surface area contributed by atoms with Gasteiger partial charge in [0.25, 0.3) is 0 Å². The van der Waals surface area contributed by atoms with E-state index in [0.717, 1.165) is 24.6 Å². The average Bonchev–Trinajstić information content (AvgIpc) is 2.96. The van der Waals surface area contributed by atoms with E-state index in [2.05, 4.69) is 24.6 Å². The molecule has 6 nitrogen and oxygen atoms in total. The second kappa shape index (κ2) is 8.22. The number of sulfone groups is 1. The number of ketones is 1. The Balaban J connectivity index is 2.34. The summed E-state index contributed by atoms with van der Waals surface area (Å²) < 4.78 is 44.2. The van der Waals surface area contributed by atoms with Gasteiger partial charge in [-0.2, -0.15) is 0 Å². The number of nitrogens with zero attached hydrogens (tertiary/aromatic N) is 2. The SMILES string of the molecule is C[Si](C)(C)CCOCn1c(S(C)(=O)=O)cnc1C(=O)c1ccc(F)c(Cl)c1. The van der Waals surface area contributed by atoms with Crippen LogP contribution in [0.4, 0.5) is 4.39 Å². The van der Waals surface area contributed by atoms with E-state index < -0.39 is 29.5 Å². The zero-order valence-corrected chi connectivity index (χ0v) is 18.2. The third-order valence-electron chi connectivity index (χ3n) is 3.80. The standard InChI is InChI=1S/C17H22ClFN2O4SSi/c1-26(23,24)15-10-20-17(21(15)11-25-7-8-27(2,3)4)16(22)12-5-6-14(19)13(18)9-12/h5-6,9-10H,7-8,11H2,1-4H3. The summed E-state index contributed by atoms with van der Waals surface area (Å²) in [5.74, 6) is -1.32. The fourth-order valence-corrected chi connectivity index (χ4v) is 3.98. The van der Waals surface area contributed by atoms with Crippen molar-refractivity contribution >= 4 is 35.3 Å². The van der Waals surface area contributed by atoms with Gasteiger partial charge in [-0.3, -0.25) is 9.36 Å². The molecule has 2 rings (SSSR count). The number of carbonyl (C=O) groups excluding carboxylic acids is 1. The fraction of sp³-hybridized carbons (Fsp3) is 0.412. The van der Waals surface area contributed by atoms with E-state index in [9.17, 15) is 17.6 Å². The molecule has 0 radical (unpaired) electrons. The molecule has 0 bridgehead atoms. The molecule has 1 aromatic heterocycles. The second-order valence-corrected chi connectivity index (χ2v) is 15.4. The van der Waals surface area contributed by atoms with Gasteiger partial charge in [0.15, 0.2) is 20.7 Å². The molecule has 27 heavy (non-hydrogen) atoms. The van der Waals surface area contributed by atoms with Crippen LogP contribution in [0, 0.1) is 5.82 Å². The Morgan fingerprint density at radius 1 is 1.33 bits per heavy atom. The molecule has 0 aliphatic heterocycles. The van der Waals surface area contributed by atoms with Crippen LogP contribution < -0.4 is 0 Å². The summed E-state index contributed by atoms with van der Waals surface area (Å²) in [7, 11) is -4.93. The molecule has 0 fully saturated rings. The molecular formula is C17H22ClFN2O4SSi. The highest BCUT2D eigenvalue weighted by atomic mass is 35.5. The monoisotopic (exact) mass is 432 g/mol. The van der Waals surface area contributed by atoms with Crippen LogP contribution in [-0.2, 0) is 21.3 Å². The van der Waals surface area contributed by atoms with Gasteiger partial charge in [0, 0.05) is 26.5 Å². The normalized spacial score (nSPS) is 12.4. The van der Waals surface area contributed by atoms with Crippen molar-refractivity contribution in [1.29, 1.82) is 0 Å². The summed E-state index contributed by atoms with van der Waals surface area (Å²) in [6, 6.07) is 4.43. The maximum absolute atomic E-state index is 13.3. The van der Waals surface area contributed by atoms with E-state index in [1.807, 2.05) is 0 Å². The van der Waals surface area contributed by atoms with Gasteiger partial charge in [0.05, 0.1) is 11.2 Å². The van der Waals surface area contributed by atoms with E-state index in [-0.39, 0.29) is 28.2 Å². The first-order chi connectivity index (χ1) is 12.4. The molecule has 0 aliphatic carbocycles. The predicted octanol–water partition coefficient (Wildman–Crippen LogP) is 3.62. The number of rotatable bonds is 8. The largest absolute Gasteiger partial charge is 0.361 e. The molecule has 0 spiro atoms. The van der Waals surface area contributed by atoms with Crippen molar-refractivity contribution in [3.63, 3.8) is 0 Å². The molecule has 0 saturated heterocycles. The Labute approximate surface area is 164 Å². The topological polar surface area (TPSA) is 78.3 Å². The Bertz CT molecular complexity index is 954. The quantitative estimate of drug-likeness (QED) is 0.361. The lowest BCUT2D eigenvalue weighted by molar-refractivity contribution is 0.0764. The van der Waals surface area contributed by atoms with E-state index >= 15 is 0 Å². The number of aromatic nitrogens is 2. The first kappa shape index (κ1) is 21.7. The lowest BCUT2D eigenvalue weighted by atomic mass is 10.1. The highest BCUT2D eigenvalue weighted by Gasteiger charge is 2.24. The molecule has 1 aromatic carbocycles. The van der Waals surface area contributed by atoms with Crippen LogP contribution >= 0.6 is 11.6 Å². The van der Waals surface area contributed by atoms with E-state index in [1.54, 1.807) is 0 Å². The van der Waals surface area contributed by atoms with Crippen molar-refractivity contribution in [2.75, 3.05) is 12.9 Å². The zero-order chi connectivity index (χ0) is 20.4. The van der Waals surface area contributed by atoms with Gasteiger partial charge in [-0.25, -0.2) is 17.8 Å². The number of hydrogen-bond acceptors (Lipinski definition) is 5. The number of halogens is 2. The minimum absolute atomic E-state index is 0.105. The molecule has 0 unspecified atom stereocenters. The summed E-state index contributed by atoms with van der Waals surface area (Å²) in [6.07, 6.45) is 2.15. The molecule has 10 heteroatoms. The van der Waals surface area contributed by atoms with Crippen LogP contribution in [0.25, 0.3) is 0 Å². The summed E-state index contributed by atoms with van der Waals surface area (Å²) >= 11 is 5.74. The average molecular weight is 433 g/mol. The lowest BCUT2D eigenvalue weighted by Gasteiger charge is -2.16. The molecule has 0 aliphatic rings. The molecule has 0 atom stereocenters. The van der Waals surface area contributed by atoms with Gasteiger partial charge in [0.1, 0.15) is 12.5 Å². The summed E-state index contributed by atoms with van der Waals surface area (Å²) in [5.41, 5.74) is 0.107. The summed E-state index contributed by atoms with van der Waals surface area (Å²) in [5, 5.41) is -0.319. The minimum atomic E-state index is -3.62. The van der Waals surface area contributed by atoms with E-state index in [0.29, 0.717) is 6.61 Å². The van der Waals surface area contributed by atoms with Gasteiger partial charge in [-0.15, -0.1) is 0 Å². The van der Waals surface area contributed by atoms with Crippen LogP contribution in [0.15, 0.2) is 29.4 Å². The Morgan fingerprint density at radius 2 is 2.00 bits per heavy atom. The maximum atomic E-state index is 13.3. The molecule has 0 amide bonds. The zero-order valence-electron chi connectivity index (χ0n) is 15.6. The van der Waals surface area contributed by atoms with Crippen LogP contribution in [-0.4, -0.2) is 44.7 Å². The van der Waals surface area contributed by atoms with Crippen LogP contribution in [0.2, 0.25) is 30.7 Å². The summed E-state index contributed by atoms with van der Waals surface area (Å²) in [4.78, 5) is 16.7. The highest BCUT2D eigenvalue weighted by molar-refractivity contribution is 7.90. The second-order valence-electron chi connectivity index (χ2n) is 7.43. The molecule has 1 heterocycles. The van der Waals surface area contributed by atoms with Crippen LogP contribution in [0.3, 0.4) is 0 Å². The fourth-order valence-electron chi connectivity index (χ4n) is 2.26. The van der Waals surface area contributed by atoms with Crippen molar-refractivity contribution in [3.8, 4) is 0 Å². The first-order valence-corrected chi connectivity index (χ1v) is 14.2. The number of imidazole rings is 1. The number of carbonyl (C=O) groups is 1. The van der Waals surface area contributed by atoms with Crippen LogP contribution in [0.5, 0.6) is 0 Å². The van der Waals surface area contributed by atoms with Crippen LogP contribution in [0.1, 0.15) is 16.2 Å². The molecule has 2 aromatic rings. The van der Waals surface area contributed by atoms with E-state index in [4.69, 9.17) is 16.3 Å². The highest BCUT2D eigenvalue weighted by Crippen LogP contribution is 2.20. The smallest absolute Gasteiger partial charge is 0.228 e. The number of hydrogen-bond donors (Lipinski definition) is 0. The number of ether oxygens (including phenoxy) is 1. The van der Waals surface area contributed by atoms with Gasteiger partial charge < -0.3 is 4.74 Å². The van der Waals surface area contributed by atoms with Crippen molar-refractivity contribution in [3.05, 3.63) is 46.6 Å². The molecular weight excluding hydrogens is 411 g/mol. The van der Waals surface area contributed by atoms with E-state index in [1.165, 1.54) is 16.7 Å². The van der Waals surface area contributed by atoms with Crippen molar-refractivity contribution in [2.24, 2.45) is 0 Å². The lowest BCUT2D eigenvalue weighted by Crippen LogP contribution is -2.23. The van der Waals surface area contributed by atoms with Gasteiger partial charge >= 0.3 is 0 Å². The van der Waals surface area contributed by atoms with Crippen molar-refractivity contribution in [1.82, 2.24) is 9.55 Å². The number of benzene rings is 1. The first-order valence-electron chi connectivity index (χ1n) is 8.23. The Morgan fingerprint density at radius 3 is 2.56 bits per heavy atom. The molecule has 0 N–H and O–H groups in total. The maximum Gasteiger partial charge on any atom is 0.228 e. The van der Waals surface area contributed by atoms with Gasteiger partial charge in [0.2, 0.25) is 5.78 Å². The Hall–Kier alpha value is -1.55. The van der Waals surface area contributed by atoms with Crippen molar-refractivity contribution in [2.45, 2.75) is 37.4 Å². The van der Waals surface area contributed by atoms with Crippen molar-refractivity contribution < 1.29 is 22.3 Å². The van der Waals surface area contributed by atoms with Gasteiger partial charge in [-0.1, -0.05) is 31.2 Å². The molecule has 148 valence electrons. The van der Waals surface area contributed by atoms with Gasteiger partial charge in [-0.05, 0) is 24.2 Å². The minimum Gasteiger partial charge on any atom is -0.361 e. The third-order valence-corrected chi connectivity index (χ3v) is 6.88. The predicted molar refractivity (Wildman–Crippen MR) is 104 cm³/mol. The summed E-state index contributed by atoms with van der Waals surface area (Å²) in [6.45, 7) is 6.92. The Kier molecular flexibility index (Phi) is 6.62. The molecule has 0 saturated carbocycles.